The molecular weight excluding hydrogens is 246 g/mol. The van der Waals surface area contributed by atoms with E-state index in [-0.39, 0.29) is 5.78 Å². The van der Waals surface area contributed by atoms with Gasteiger partial charge in [0, 0.05) is 25.2 Å². The van der Waals surface area contributed by atoms with Crippen molar-refractivity contribution in [2.45, 2.75) is 13.3 Å². The maximum Gasteiger partial charge on any atom is 0.169 e. The van der Waals surface area contributed by atoms with Crippen molar-refractivity contribution in [3.05, 3.63) is 77.5 Å². The molecule has 102 valence electrons. The minimum absolute atomic E-state index is 0.121. The van der Waals surface area contributed by atoms with Crippen LogP contribution in [-0.4, -0.2) is 12.8 Å². The topological polar surface area (TPSA) is 29.1 Å². The van der Waals surface area contributed by atoms with Gasteiger partial charge in [0.2, 0.25) is 0 Å². The summed E-state index contributed by atoms with van der Waals surface area (Å²) in [6, 6.07) is 17.8. The van der Waals surface area contributed by atoms with Crippen LogP contribution in [0.1, 0.15) is 16.7 Å². The number of aryl methyl sites for hydroxylation is 1. The van der Waals surface area contributed by atoms with E-state index >= 15 is 0 Å². The lowest BCUT2D eigenvalue weighted by Crippen LogP contribution is -2.09. The minimum atomic E-state index is 0.121. The number of allylic oxidation sites excluding steroid dienone is 1. The summed E-state index contributed by atoms with van der Waals surface area (Å²) < 4.78 is 0. The molecule has 0 aromatic heterocycles. The highest BCUT2D eigenvalue weighted by Gasteiger charge is 2.12. The van der Waals surface area contributed by atoms with Gasteiger partial charge >= 0.3 is 0 Å². The van der Waals surface area contributed by atoms with Gasteiger partial charge in [-0.2, -0.15) is 0 Å². The van der Waals surface area contributed by atoms with Crippen LogP contribution in [0.5, 0.6) is 0 Å². The molecule has 2 rings (SSSR count). The predicted octanol–water partition coefficient (Wildman–Crippen LogP) is 3.37. The summed E-state index contributed by atoms with van der Waals surface area (Å²) in [5, 5.41) is 2.97. The van der Waals surface area contributed by atoms with Crippen LogP contribution in [0.25, 0.3) is 5.57 Å². The van der Waals surface area contributed by atoms with Crippen molar-refractivity contribution in [1.29, 1.82) is 0 Å². The van der Waals surface area contributed by atoms with Gasteiger partial charge in [0.1, 0.15) is 0 Å². The summed E-state index contributed by atoms with van der Waals surface area (Å²) >= 11 is 0. The zero-order valence-corrected chi connectivity index (χ0v) is 11.9. The Kier molecular flexibility index (Phi) is 4.72. The first kappa shape index (κ1) is 14.1. The van der Waals surface area contributed by atoms with Crippen molar-refractivity contribution in [3.8, 4) is 0 Å². The van der Waals surface area contributed by atoms with E-state index in [1.165, 1.54) is 0 Å². The second kappa shape index (κ2) is 6.71. The van der Waals surface area contributed by atoms with E-state index in [0.717, 1.165) is 22.3 Å². The highest BCUT2D eigenvalue weighted by molar-refractivity contribution is 6.21. The molecule has 0 aliphatic heterocycles. The van der Waals surface area contributed by atoms with Crippen LogP contribution in [0.2, 0.25) is 0 Å². The van der Waals surface area contributed by atoms with Crippen LogP contribution in [0.4, 0.5) is 0 Å². The molecule has 2 nitrogen and oxygen atoms in total. The van der Waals surface area contributed by atoms with Crippen LogP contribution < -0.4 is 5.32 Å². The zero-order chi connectivity index (χ0) is 14.4. The summed E-state index contributed by atoms with van der Waals surface area (Å²) in [7, 11) is 1.81. The first-order chi connectivity index (χ1) is 9.70. The first-order valence-electron chi connectivity index (χ1n) is 6.72. The van der Waals surface area contributed by atoms with E-state index in [1.807, 2.05) is 68.6 Å². The quantitative estimate of drug-likeness (QED) is 0.840. The number of ketones is 1. The number of carbonyl (C=O) groups is 1. The van der Waals surface area contributed by atoms with Crippen molar-refractivity contribution >= 4 is 11.4 Å². The van der Waals surface area contributed by atoms with E-state index in [1.54, 1.807) is 6.20 Å². The highest BCUT2D eigenvalue weighted by atomic mass is 16.1. The lowest BCUT2D eigenvalue weighted by molar-refractivity contribution is -0.113. The molecule has 0 spiro atoms. The summed E-state index contributed by atoms with van der Waals surface area (Å²) in [5.41, 5.74) is 3.87. The molecule has 2 heteroatoms. The van der Waals surface area contributed by atoms with Gasteiger partial charge < -0.3 is 5.32 Å². The molecule has 2 aromatic rings. The van der Waals surface area contributed by atoms with Gasteiger partial charge in [0.05, 0.1) is 0 Å². The number of rotatable bonds is 5. The Balaban J connectivity index is 2.25. The van der Waals surface area contributed by atoms with Crippen molar-refractivity contribution in [2.75, 3.05) is 7.05 Å². The smallest absolute Gasteiger partial charge is 0.169 e. The van der Waals surface area contributed by atoms with Crippen LogP contribution in [0, 0.1) is 6.92 Å². The molecule has 0 fully saturated rings. The Morgan fingerprint density at radius 2 is 1.85 bits per heavy atom. The second-order valence-electron chi connectivity index (χ2n) is 4.80. The second-order valence-corrected chi connectivity index (χ2v) is 4.80. The molecule has 0 saturated heterocycles. The summed E-state index contributed by atoms with van der Waals surface area (Å²) in [5.74, 6) is 0.121. The standard InChI is InChI=1S/C18H19NO/c1-14-7-6-10-16(11-14)17(13-19-2)18(20)12-15-8-4-3-5-9-15/h3-11,13,19H,12H2,1-2H3. The highest BCUT2D eigenvalue weighted by Crippen LogP contribution is 2.18. The fourth-order valence-corrected chi connectivity index (χ4v) is 2.16. The molecule has 2 aromatic carbocycles. The Morgan fingerprint density at radius 1 is 1.10 bits per heavy atom. The number of hydrogen-bond donors (Lipinski definition) is 1. The monoisotopic (exact) mass is 265 g/mol. The summed E-state index contributed by atoms with van der Waals surface area (Å²) in [4.78, 5) is 12.5. The number of Topliss-reactive ketones (excluding diaryl/α,β-unsaturated/α-hetero) is 1. The zero-order valence-electron chi connectivity index (χ0n) is 11.9. The Bertz CT molecular complexity index is 614. The lowest BCUT2D eigenvalue weighted by Gasteiger charge is -2.08. The first-order valence-corrected chi connectivity index (χ1v) is 6.72. The van der Waals surface area contributed by atoms with Gasteiger partial charge in [-0.25, -0.2) is 0 Å². The Morgan fingerprint density at radius 3 is 2.50 bits per heavy atom. The van der Waals surface area contributed by atoms with E-state index in [4.69, 9.17) is 0 Å². The third-order valence-electron chi connectivity index (χ3n) is 3.13. The molecule has 0 atom stereocenters. The van der Waals surface area contributed by atoms with Crippen LogP contribution in [-0.2, 0) is 11.2 Å². The van der Waals surface area contributed by atoms with Crippen LogP contribution >= 0.6 is 0 Å². The average Bonchev–Trinajstić information content (AvgIpc) is 2.45. The molecule has 0 radical (unpaired) electrons. The molecule has 0 aliphatic rings. The third kappa shape index (κ3) is 3.58. The predicted molar refractivity (Wildman–Crippen MR) is 83.4 cm³/mol. The molecule has 0 unspecified atom stereocenters. The van der Waals surface area contributed by atoms with Gasteiger partial charge in [0.25, 0.3) is 0 Å². The molecule has 1 N–H and O–H groups in total. The largest absolute Gasteiger partial charge is 0.393 e. The SMILES string of the molecule is CNC=C(C(=O)Cc1ccccc1)c1cccc(C)c1. The van der Waals surface area contributed by atoms with Crippen molar-refractivity contribution in [1.82, 2.24) is 5.32 Å². The van der Waals surface area contributed by atoms with Gasteiger partial charge in [-0.1, -0.05) is 60.2 Å². The maximum atomic E-state index is 12.5. The summed E-state index contributed by atoms with van der Waals surface area (Å²) in [6.45, 7) is 2.03. The van der Waals surface area contributed by atoms with E-state index < -0.39 is 0 Å². The van der Waals surface area contributed by atoms with E-state index in [9.17, 15) is 4.79 Å². The van der Waals surface area contributed by atoms with Gasteiger partial charge in [0.15, 0.2) is 5.78 Å². The van der Waals surface area contributed by atoms with E-state index in [2.05, 4.69) is 5.32 Å². The Labute approximate surface area is 120 Å². The Hall–Kier alpha value is -2.35. The number of benzene rings is 2. The number of hydrogen-bond acceptors (Lipinski definition) is 2. The minimum Gasteiger partial charge on any atom is -0.393 e. The summed E-state index contributed by atoms with van der Waals surface area (Å²) in [6.07, 6.45) is 2.20. The molecule has 0 aliphatic carbocycles. The van der Waals surface area contributed by atoms with Gasteiger partial charge in [-0.15, -0.1) is 0 Å². The van der Waals surface area contributed by atoms with Crippen LogP contribution in [0.3, 0.4) is 0 Å². The normalized spacial score (nSPS) is 11.2. The maximum absolute atomic E-state index is 12.5. The van der Waals surface area contributed by atoms with Crippen molar-refractivity contribution in [3.63, 3.8) is 0 Å². The van der Waals surface area contributed by atoms with Crippen molar-refractivity contribution < 1.29 is 4.79 Å². The lowest BCUT2D eigenvalue weighted by atomic mass is 9.96. The number of nitrogens with one attached hydrogen (secondary N) is 1. The molecular formula is C18H19NO. The van der Waals surface area contributed by atoms with Crippen LogP contribution in [0.15, 0.2) is 60.8 Å². The average molecular weight is 265 g/mol. The fraction of sp³-hybridized carbons (Fsp3) is 0.167. The molecule has 0 saturated carbocycles. The fourth-order valence-electron chi connectivity index (χ4n) is 2.16. The van der Waals surface area contributed by atoms with Gasteiger partial charge in [-0.3, -0.25) is 4.79 Å². The molecule has 0 amide bonds. The molecule has 0 heterocycles. The van der Waals surface area contributed by atoms with Gasteiger partial charge in [-0.05, 0) is 18.1 Å². The van der Waals surface area contributed by atoms with Crippen molar-refractivity contribution in [2.24, 2.45) is 0 Å². The molecule has 20 heavy (non-hydrogen) atoms. The molecule has 0 bridgehead atoms. The number of carbonyl (C=O) groups excluding carboxylic acids is 1. The van der Waals surface area contributed by atoms with E-state index in [0.29, 0.717) is 6.42 Å². The third-order valence-corrected chi connectivity index (χ3v) is 3.13.